The first-order valence-corrected chi connectivity index (χ1v) is 6.52. The summed E-state index contributed by atoms with van der Waals surface area (Å²) in [5.41, 5.74) is 2.15. The van der Waals surface area contributed by atoms with Crippen molar-refractivity contribution in [2.24, 2.45) is 0 Å². The second-order valence-electron chi connectivity index (χ2n) is 4.47. The van der Waals surface area contributed by atoms with E-state index >= 15 is 0 Å². The van der Waals surface area contributed by atoms with Gasteiger partial charge in [0.15, 0.2) is 0 Å². The van der Waals surface area contributed by atoms with Crippen LogP contribution in [0.3, 0.4) is 0 Å². The smallest absolute Gasteiger partial charge is 0.293 e. The molecule has 0 aliphatic heterocycles. The van der Waals surface area contributed by atoms with E-state index in [1.807, 2.05) is 60.7 Å². The molecule has 0 atom stereocenters. The molecule has 3 nitrogen and oxygen atoms in total. The third-order valence-electron chi connectivity index (χ3n) is 3.47. The molecule has 0 saturated carbocycles. The molecule has 0 radical (unpaired) electrons. The van der Waals surface area contributed by atoms with Crippen molar-refractivity contribution in [3.63, 3.8) is 0 Å². The SMILES string of the molecule is COC(OC)(OC)C(c1ccccc1)c1ccccc1. The van der Waals surface area contributed by atoms with Crippen molar-refractivity contribution in [2.45, 2.75) is 11.9 Å². The van der Waals surface area contributed by atoms with E-state index in [0.29, 0.717) is 0 Å². The Morgan fingerprint density at radius 1 is 0.650 bits per heavy atom. The van der Waals surface area contributed by atoms with E-state index in [2.05, 4.69) is 0 Å². The highest BCUT2D eigenvalue weighted by Crippen LogP contribution is 2.38. The van der Waals surface area contributed by atoms with Crippen LogP contribution in [-0.4, -0.2) is 27.3 Å². The van der Waals surface area contributed by atoms with Crippen molar-refractivity contribution in [1.29, 1.82) is 0 Å². The summed E-state index contributed by atoms with van der Waals surface area (Å²) in [6.07, 6.45) is 0. The Labute approximate surface area is 120 Å². The molecule has 0 unspecified atom stereocenters. The van der Waals surface area contributed by atoms with Gasteiger partial charge in [0.05, 0.1) is 5.92 Å². The van der Waals surface area contributed by atoms with Crippen LogP contribution in [0, 0.1) is 0 Å². The van der Waals surface area contributed by atoms with E-state index in [1.54, 1.807) is 21.3 Å². The quantitative estimate of drug-likeness (QED) is 0.754. The van der Waals surface area contributed by atoms with E-state index in [-0.39, 0.29) is 5.92 Å². The zero-order valence-corrected chi connectivity index (χ0v) is 12.1. The number of methoxy groups -OCH3 is 3. The van der Waals surface area contributed by atoms with E-state index in [0.717, 1.165) is 11.1 Å². The molecular weight excluding hydrogens is 252 g/mol. The van der Waals surface area contributed by atoms with Gasteiger partial charge in [-0.25, -0.2) is 0 Å². The molecule has 2 aromatic rings. The molecular formula is C17H20O3. The van der Waals surface area contributed by atoms with Crippen LogP contribution in [0.5, 0.6) is 0 Å². The summed E-state index contributed by atoms with van der Waals surface area (Å²) >= 11 is 0. The van der Waals surface area contributed by atoms with Gasteiger partial charge in [0.25, 0.3) is 5.97 Å². The van der Waals surface area contributed by atoms with Crippen LogP contribution in [0.15, 0.2) is 60.7 Å². The lowest BCUT2D eigenvalue weighted by atomic mass is 9.89. The van der Waals surface area contributed by atoms with Crippen molar-refractivity contribution < 1.29 is 14.2 Å². The minimum absolute atomic E-state index is 0.176. The average molecular weight is 272 g/mol. The Morgan fingerprint density at radius 3 is 1.30 bits per heavy atom. The summed E-state index contributed by atoms with van der Waals surface area (Å²) in [6, 6.07) is 20.1. The zero-order chi connectivity index (χ0) is 14.4. The molecule has 0 amide bonds. The molecule has 0 fully saturated rings. The van der Waals surface area contributed by atoms with Gasteiger partial charge in [-0.1, -0.05) is 60.7 Å². The Morgan fingerprint density at radius 2 is 1.00 bits per heavy atom. The fourth-order valence-electron chi connectivity index (χ4n) is 2.50. The van der Waals surface area contributed by atoms with Gasteiger partial charge in [0.2, 0.25) is 0 Å². The van der Waals surface area contributed by atoms with Crippen molar-refractivity contribution in [3.05, 3.63) is 71.8 Å². The van der Waals surface area contributed by atoms with E-state index < -0.39 is 5.97 Å². The molecule has 2 aromatic carbocycles. The van der Waals surface area contributed by atoms with Crippen molar-refractivity contribution in [3.8, 4) is 0 Å². The van der Waals surface area contributed by atoms with Gasteiger partial charge in [0.1, 0.15) is 0 Å². The fraction of sp³-hybridized carbons (Fsp3) is 0.294. The van der Waals surface area contributed by atoms with Crippen LogP contribution in [0.4, 0.5) is 0 Å². The van der Waals surface area contributed by atoms with E-state index in [1.165, 1.54) is 0 Å². The molecule has 0 aliphatic rings. The molecule has 2 rings (SSSR count). The van der Waals surface area contributed by atoms with Gasteiger partial charge in [-0.15, -0.1) is 0 Å². The van der Waals surface area contributed by atoms with Crippen LogP contribution < -0.4 is 0 Å². The van der Waals surface area contributed by atoms with Crippen molar-refractivity contribution in [2.75, 3.05) is 21.3 Å². The Kier molecular flexibility index (Phi) is 4.90. The zero-order valence-electron chi connectivity index (χ0n) is 12.1. The summed E-state index contributed by atoms with van der Waals surface area (Å²) in [6.45, 7) is 0. The van der Waals surface area contributed by atoms with Crippen LogP contribution in [0.1, 0.15) is 17.0 Å². The van der Waals surface area contributed by atoms with E-state index in [9.17, 15) is 0 Å². The monoisotopic (exact) mass is 272 g/mol. The molecule has 0 heterocycles. The summed E-state index contributed by atoms with van der Waals surface area (Å²) in [7, 11) is 4.77. The first kappa shape index (κ1) is 14.7. The molecule has 0 aliphatic carbocycles. The number of hydrogen-bond donors (Lipinski definition) is 0. The predicted octanol–water partition coefficient (Wildman–Crippen LogP) is 3.41. The second kappa shape index (κ2) is 6.66. The number of rotatable bonds is 6. The molecule has 0 spiro atoms. The maximum atomic E-state index is 5.56. The van der Waals surface area contributed by atoms with Crippen molar-refractivity contribution in [1.82, 2.24) is 0 Å². The minimum Gasteiger partial charge on any atom is -0.330 e. The van der Waals surface area contributed by atoms with Gasteiger partial charge in [-0.05, 0) is 11.1 Å². The molecule has 0 saturated heterocycles. The fourth-order valence-corrected chi connectivity index (χ4v) is 2.50. The third-order valence-corrected chi connectivity index (χ3v) is 3.47. The number of hydrogen-bond acceptors (Lipinski definition) is 3. The first-order valence-electron chi connectivity index (χ1n) is 6.52. The lowest BCUT2D eigenvalue weighted by molar-refractivity contribution is -0.359. The Hall–Kier alpha value is -1.68. The lowest BCUT2D eigenvalue weighted by Crippen LogP contribution is -2.43. The van der Waals surface area contributed by atoms with Gasteiger partial charge in [-0.3, -0.25) is 0 Å². The molecule has 20 heavy (non-hydrogen) atoms. The third kappa shape index (κ3) is 2.75. The first-order chi connectivity index (χ1) is 9.77. The normalized spacial score (nSPS) is 11.8. The predicted molar refractivity (Wildman–Crippen MR) is 78.5 cm³/mol. The van der Waals surface area contributed by atoms with Gasteiger partial charge < -0.3 is 14.2 Å². The Balaban J connectivity index is 2.55. The topological polar surface area (TPSA) is 27.7 Å². The lowest BCUT2D eigenvalue weighted by Gasteiger charge is -2.36. The highest BCUT2D eigenvalue weighted by Gasteiger charge is 2.42. The number of benzene rings is 2. The highest BCUT2D eigenvalue weighted by molar-refractivity contribution is 5.34. The van der Waals surface area contributed by atoms with Crippen LogP contribution in [-0.2, 0) is 14.2 Å². The summed E-state index contributed by atoms with van der Waals surface area (Å²) < 4.78 is 16.7. The molecule has 3 heteroatoms. The molecule has 0 bridgehead atoms. The van der Waals surface area contributed by atoms with Gasteiger partial charge >= 0.3 is 0 Å². The minimum atomic E-state index is -1.15. The standard InChI is InChI=1S/C17H20O3/c1-18-17(19-2,20-3)16(14-10-6-4-7-11-14)15-12-8-5-9-13-15/h4-13,16H,1-3H3. The average Bonchev–Trinajstić information content (AvgIpc) is 2.54. The van der Waals surface area contributed by atoms with Crippen LogP contribution in [0.2, 0.25) is 0 Å². The van der Waals surface area contributed by atoms with Crippen LogP contribution >= 0.6 is 0 Å². The number of ether oxygens (including phenoxy) is 3. The van der Waals surface area contributed by atoms with E-state index in [4.69, 9.17) is 14.2 Å². The molecule has 0 aromatic heterocycles. The van der Waals surface area contributed by atoms with Gasteiger partial charge in [0, 0.05) is 21.3 Å². The van der Waals surface area contributed by atoms with Gasteiger partial charge in [-0.2, -0.15) is 0 Å². The molecule has 106 valence electrons. The van der Waals surface area contributed by atoms with Crippen LogP contribution in [0.25, 0.3) is 0 Å². The summed E-state index contributed by atoms with van der Waals surface area (Å²) in [4.78, 5) is 0. The Bertz CT molecular complexity index is 459. The maximum absolute atomic E-state index is 5.56. The summed E-state index contributed by atoms with van der Waals surface area (Å²) in [5.74, 6) is -1.33. The maximum Gasteiger partial charge on any atom is 0.293 e. The second-order valence-corrected chi connectivity index (χ2v) is 4.47. The highest BCUT2D eigenvalue weighted by atomic mass is 16.9. The van der Waals surface area contributed by atoms with Crippen molar-refractivity contribution >= 4 is 0 Å². The summed E-state index contributed by atoms with van der Waals surface area (Å²) in [5, 5.41) is 0. The molecule has 0 N–H and O–H groups in total. The largest absolute Gasteiger partial charge is 0.330 e.